The Labute approximate surface area is 163 Å². The van der Waals surface area contributed by atoms with Crippen LogP contribution in [-0.4, -0.2) is 17.6 Å². The van der Waals surface area contributed by atoms with Crippen molar-refractivity contribution in [2.75, 3.05) is 7.11 Å². The second kappa shape index (κ2) is 6.75. The number of benzene rings is 2. The van der Waals surface area contributed by atoms with Gasteiger partial charge in [-0.25, -0.2) is 4.79 Å². The molecule has 3 aromatic rings. The van der Waals surface area contributed by atoms with Gasteiger partial charge in [-0.3, -0.25) is 0 Å². The molecule has 0 spiro atoms. The zero-order valence-electron chi connectivity index (χ0n) is 15.5. The molecule has 0 bridgehead atoms. The van der Waals surface area contributed by atoms with Crippen LogP contribution >= 0.6 is 11.8 Å². The normalized spacial score (nSPS) is 16.8. The highest BCUT2D eigenvalue weighted by Crippen LogP contribution is 2.49. The van der Waals surface area contributed by atoms with Gasteiger partial charge >= 0.3 is 5.97 Å². The molecule has 1 aliphatic heterocycles. The van der Waals surface area contributed by atoms with Gasteiger partial charge in [0.25, 0.3) is 0 Å². The molecule has 4 heteroatoms. The third-order valence-electron chi connectivity index (χ3n) is 6.03. The van der Waals surface area contributed by atoms with Gasteiger partial charge in [-0.1, -0.05) is 43.5 Å². The number of rotatable bonds is 2. The molecule has 0 amide bonds. The van der Waals surface area contributed by atoms with E-state index in [1.165, 1.54) is 66.3 Å². The minimum absolute atomic E-state index is 0.268. The zero-order chi connectivity index (χ0) is 18.4. The largest absolute Gasteiger partial charge is 0.465 e. The van der Waals surface area contributed by atoms with E-state index in [1.807, 2.05) is 23.9 Å². The van der Waals surface area contributed by atoms with Gasteiger partial charge < -0.3 is 9.30 Å². The highest BCUT2D eigenvalue weighted by Gasteiger charge is 2.29. The first-order valence-corrected chi connectivity index (χ1v) is 10.7. The van der Waals surface area contributed by atoms with E-state index in [9.17, 15) is 4.79 Å². The van der Waals surface area contributed by atoms with Gasteiger partial charge in [0.1, 0.15) is 0 Å². The van der Waals surface area contributed by atoms with Crippen LogP contribution in [0.4, 0.5) is 0 Å². The van der Waals surface area contributed by atoms with Crippen LogP contribution in [0.15, 0.2) is 47.4 Å². The van der Waals surface area contributed by atoms with Crippen molar-refractivity contribution in [3.8, 4) is 11.3 Å². The van der Waals surface area contributed by atoms with Gasteiger partial charge in [0.2, 0.25) is 0 Å². The Hall–Kier alpha value is -2.20. The molecule has 0 atom stereocenters. The van der Waals surface area contributed by atoms with Gasteiger partial charge in [0.05, 0.1) is 29.8 Å². The number of aromatic nitrogens is 1. The first-order valence-electron chi connectivity index (χ1n) is 9.74. The number of methoxy groups -OCH3 is 1. The summed E-state index contributed by atoms with van der Waals surface area (Å²) in [4.78, 5) is 13.5. The number of nitrogens with zero attached hydrogens (tertiary/aromatic N) is 1. The topological polar surface area (TPSA) is 31.2 Å². The molecule has 138 valence electrons. The molecular formula is C23H23NO2S. The SMILES string of the molecule is COC(=O)c1ccc2c(C3CCCCC3)c3n(c2c1)CSc1ccccc1-3. The number of ether oxygens (including phenoxy) is 1. The fraction of sp³-hybridized carbons (Fsp3) is 0.348. The number of hydrogen-bond acceptors (Lipinski definition) is 3. The third kappa shape index (κ3) is 2.69. The standard InChI is InChI=1S/C23H23NO2S/c1-26-23(25)16-11-12-17-19(13-16)24-14-27-20-10-6-5-9-18(20)22(24)21(17)15-7-3-2-4-8-15/h5-6,9-13,15H,2-4,7-8,14H2,1H3. The molecule has 5 rings (SSSR count). The monoisotopic (exact) mass is 377 g/mol. The lowest BCUT2D eigenvalue weighted by Gasteiger charge is -2.26. The summed E-state index contributed by atoms with van der Waals surface area (Å²) in [6.07, 6.45) is 6.50. The average Bonchev–Trinajstić information content (AvgIpc) is 3.08. The summed E-state index contributed by atoms with van der Waals surface area (Å²) in [5, 5.41) is 1.31. The summed E-state index contributed by atoms with van der Waals surface area (Å²) in [7, 11) is 1.44. The maximum atomic E-state index is 12.1. The second-order valence-corrected chi connectivity index (χ2v) is 8.51. The Kier molecular flexibility index (Phi) is 4.24. The van der Waals surface area contributed by atoms with Crippen molar-refractivity contribution >= 4 is 28.6 Å². The smallest absolute Gasteiger partial charge is 0.337 e. The van der Waals surface area contributed by atoms with E-state index in [0.29, 0.717) is 11.5 Å². The predicted molar refractivity (Wildman–Crippen MR) is 110 cm³/mol. The lowest BCUT2D eigenvalue weighted by molar-refractivity contribution is 0.0601. The molecule has 2 heterocycles. The Morgan fingerprint density at radius 2 is 1.93 bits per heavy atom. The summed E-state index contributed by atoms with van der Waals surface area (Å²) < 4.78 is 7.37. The minimum atomic E-state index is -0.268. The highest BCUT2D eigenvalue weighted by atomic mass is 32.2. The van der Waals surface area contributed by atoms with Gasteiger partial charge in [0.15, 0.2) is 0 Å². The van der Waals surface area contributed by atoms with Crippen LogP contribution in [0.25, 0.3) is 22.2 Å². The molecule has 1 saturated carbocycles. The summed E-state index contributed by atoms with van der Waals surface area (Å²) in [6, 6.07) is 14.8. The van der Waals surface area contributed by atoms with Crippen molar-refractivity contribution < 1.29 is 9.53 Å². The number of thioether (sulfide) groups is 1. The van der Waals surface area contributed by atoms with Gasteiger partial charge in [0, 0.05) is 15.8 Å². The molecule has 1 aromatic heterocycles. The summed E-state index contributed by atoms with van der Waals surface area (Å²) in [5.74, 6) is 1.23. The maximum absolute atomic E-state index is 12.1. The van der Waals surface area contributed by atoms with Crippen molar-refractivity contribution in [1.29, 1.82) is 0 Å². The third-order valence-corrected chi connectivity index (χ3v) is 7.08. The molecule has 3 nitrogen and oxygen atoms in total. The zero-order valence-corrected chi connectivity index (χ0v) is 16.3. The van der Waals surface area contributed by atoms with Crippen molar-refractivity contribution in [2.24, 2.45) is 0 Å². The fourth-order valence-corrected chi connectivity index (χ4v) is 5.80. The minimum Gasteiger partial charge on any atom is -0.465 e. The van der Waals surface area contributed by atoms with E-state index in [-0.39, 0.29) is 5.97 Å². The van der Waals surface area contributed by atoms with Crippen LogP contribution in [0.5, 0.6) is 0 Å². The van der Waals surface area contributed by atoms with Crippen LogP contribution in [0.3, 0.4) is 0 Å². The molecule has 2 aliphatic rings. The van der Waals surface area contributed by atoms with Crippen molar-refractivity contribution in [3.05, 3.63) is 53.6 Å². The van der Waals surface area contributed by atoms with E-state index < -0.39 is 0 Å². The van der Waals surface area contributed by atoms with Crippen LogP contribution in [0.1, 0.15) is 53.9 Å². The number of hydrogen-bond donors (Lipinski definition) is 0. The maximum Gasteiger partial charge on any atom is 0.337 e. The fourth-order valence-electron chi connectivity index (χ4n) is 4.77. The lowest BCUT2D eigenvalue weighted by atomic mass is 9.81. The van der Waals surface area contributed by atoms with E-state index in [2.05, 4.69) is 34.9 Å². The number of fused-ring (bicyclic) bond motifs is 5. The first-order chi connectivity index (χ1) is 13.3. The van der Waals surface area contributed by atoms with E-state index in [0.717, 1.165) is 11.4 Å². The van der Waals surface area contributed by atoms with Crippen molar-refractivity contribution in [3.63, 3.8) is 0 Å². The molecule has 2 aromatic carbocycles. The quantitative estimate of drug-likeness (QED) is 0.498. The number of carbonyl (C=O) groups is 1. The summed E-state index contributed by atoms with van der Waals surface area (Å²) >= 11 is 1.87. The van der Waals surface area contributed by atoms with Gasteiger partial charge in [-0.2, -0.15) is 0 Å². The number of carbonyl (C=O) groups excluding carboxylic acids is 1. The molecule has 1 fully saturated rings. The van der Waals surface area contributed by atoms with Gasteiger partial charge in [-0.15, -0.1) is 11.8 Å². The lowest BCUT2D eigenvalue weighted by Crippen LogP contribution is -2.09. The van der Waals surface area contributed by atoms with E-state index >= 15 is 0 Å². The van der Waals surface area contributed by atoms with Crippen molar-refractivity contribution in [1.82, 2.24) is 4.57 Å². The predicted octanol–water partition coefficient (Wildman–Crippen LogP) is 6.21. The van der Waals surface area contributed by atoms with E-state index in [1.54, 1.807) is 0 Å². The highest BCUT2D eigenvalue weighted by molar-refractivity contribution is 7.98. The second-order valence-electron chi connectivity index (χ2n) is 7.52. The van der Waals surface area contributed by atoms with Crippen LogP contribution in [0.2, 0.25) is 0 Å². The molecule has 27 heavy (non-hydrogen) atoms. The Morgan fingerprint density at radius 3 is 2.74 bits per heavy atom. The van der Waals surface area contributed by atoms with Crippen LogP contribution in [0, 0.1) is 0 Å². The van der Waals surface area contributed by atoms with Crippen LogP contribution < -0.4 is 0 Å². The average molecular weight is 378 g/mol. The van der Waals surface area contributed by atoms with E-state index in [4.69, 9.17) is 4.74 Å². The van der Waals surface area contributed by atoms with Gasteiger partial charge in [-0.05, 0) is 42.5 Å². The summed E-state index contributed by atoms with van der Waals surface area (Å²) in [6.45, 7) is 0. The van der Waals surface area contributed by atoms with Crippen LogP contribution in [-0.2, 0) is 10.6 Å². The molecular weight excluding hydrogens is 354 g/mol. The van der Waals surface area contributed by atoms with Crippen molar-refractivity contribution in [2.45, 2.75) is 48.8 Å². The molecule has 0 saturated heterocycles. The number of esters is 1. The molecule has 0 N–H and O–H groups in total. The molecule has 1 aliphatic carbocycles. The Morgan fingerprint density at radius 1 is 1.11 bits per heavy atom. The summed E-state index contributed by atoms with van der Waals surface area (Å²) in [5.41, 5.74) is 5.99. The molecule has 0 radical (unpaired) electrons. The Balaban J connectivity index is 1.80. The molecule has 0 unspecified atom stereocenters. The Bertz CT molecular complexity index is 1030. The first kappa shape index (κ1) is 16.9.